The Morgan fingerprint density at radius 3 is 2.74 bits per heavy atom. The van der Waals surface area contributed by atoms with Crippen molar-refractivity contribution in [1.82, 2.24) is 14.9 Å². The number of pyridine rings is 2. The van der Waals surface area contributed by atoms with Gasteiger partial charge in [-0.1, -0.05) is 32.4 Å². The molecule has 0 amide bonds. The topological polar surface area (TPSA) is 65.9 Å². The highest BCUT2D eigenvalue weighted by atomic mass is 79.9. The molecule has 2 aliphatic rings. The zero-order valence-electron chi connectivity index (χ0n) is 23.0. The Balaban J connectivity index is 1.63. The number of aromatic nitrogens is 2. The number of hydrogen-bond acceptors (Lipinski definition) is 7. The van der Waals surface area contributed by atoms with Crippen molar-refractivity contribution >= 4 is 33.1 Å². The second-order valence-electron chi connectivity index (χ2n) is 9.87. The largest absolute Gasteiger partial charge is 0.379 e. The highest BCUT2D eigenvalue weighted by Crippen LogP contribution is 2.27. The second-order valence-corrected chi connectivity index (χ2v) is 10.7. The fourth-order valence-corrected chi connectivity index (χ4v) is 5.30. The average Bonchev–Trinajstić information content (AvgIpc) is 2.94. The second kappa shape index (κ2) is 14.6. The monoisotopic (exact) mass is 580 g/mol. The van der Waals surface area contributed by atoms with Crippen LogP contribution in [0.25, 0.3) is 0 Å². The van der Waals surface area contributed by atoms with E-state index in [0.29, 0.717) is 0 Å². The molecule has 4 heterocycles. The Hall–Kier alpha value is -2.55. The van der Waals surface area contributed by atoms with Crippen LogP contribution >= 0.6 is 15.9 Å². The summed E-state index contributed by atoms with van der Waals surface area (Å²) in [6, 6.07) is 8.27. The number of morpholine rings is 1. The molecule has 2 fully saturated rings. The van der Waals surface area contributed by atoms with Gasteiger partial charge in [-0.25, -0.2) is 9.97 Å². The average molecular weight is 582 g/mol. The molecule has 204 valence electrons. The van der Waals surface area contributed by atoms with E-state index in [-0.39, 0.29) is 0 Å². The number of ether oxygens (including phenoxy) is 1. The summed E-state index contributed by atoms with van der Waals surface area (Å²) in [5, 5.41) is 3.58. The fraction of sp³-hybridized carbons (Fsp3) is 0.500. The van der Waals surface area contributed by atoms with E-state index in [1.54, 1.807) is 0 Å². The van der Waals surface area contributed by atoms with Gasteiger partial charge in [0, 0.05) is 50.2 Å². The maximum Gasteiger partial charge on any atom is 0.132 e. The summed E-state index contributed by atoms with van der Waals surface area (Å²) in [5.41, 5.74) is 7.00. The molecule has 0 radical (unpaired) electrons. The standard InChI is InChI=1S/C30H41BrN6O/c1-4-7-24-9-6-14-32-30(24)37-16-13-27(23(3)34-26-10-11-29(31)33-21-26)28(22-37)35-25(8-5-2)12-15-36-17-19-38-20-18-36/h6,8-11,14,21,34H,4-5,7,12-13,15-20,22H2,1-3H3/b25-8+,27-23+,35-28+. The Kier molecular flexibility index (Phi) is 10.9. The lowest BCUT2D eigenvalue weighted by Crippen LogP contribution is -2.39. The summed E-state index contributed by atoms with van der Waals surface area (Å²) in [4.78, 5) is 19.4. The normalized spacial score (nSPS) is 19.6. The maximum absolute atomic E-state index is 5.54. The van der Waals surface area contributed by atoms with Gasteiger partial charge in [-0.3, -0.25) is 9.89 Å². The van der Waals surface area contributed by atoms with E-state index in [1.165, 1.54) is 16.8 Å². The van der Waals surface area contributed by atoms with Crippen LogP contribution in [0.2, 0.25) is 0 Å². The van der Waals surface area contributed by atoms with Crippen LogP contribution in [0, 0.1) is 0 Å². The lowest BCUT2D eigenvalue weighted by Gasteiger charge is -2.33. The summed E-state index contributed by atoms with van der Waals surface area (Å²) >= 11 is 3.43. The number of piperidine rings is 1. The summed E-state index contributed by atoms with van der Waals surface area (Å²) < 4.78 is 6.37. The first-order valence-electron chi connectivity index (χ1n) is 13.9. The Labute approximate surface area is 236 Å². The molecule has 7 nitrogen and oxygen atoms in total. The summed E-state index contributed by atoms with van der Waals surface area (Å²) in [5.74, 6) is 1.10. The van der Waals surface area contributed by atoms with Gasteiger partial charge >= 0.3 is 0 Å². The smallest absolute Gasteiger partial charge is 0.132 e. The molecule has 0 bridgehead atoms. The molecule has 2 saturated heterocycles. The molecule has 0 unspecified atom stereocenters. The predicted octanol–water partition coefficient (Wildman–Crippen LogP) is 6.25. The van der Waals surface area contributed by atoms with E-state index in [0.717, 1.165) is 106 Å². The van der Waals surface area contributed by atoms with Crippen LogP contribution in [0.1, 0.15) is 52.0 Å². The number of allylic oxidation sites excluding steroid dienone is 2. The third-order valence-corrected chi connectivity index (χ3v) is 7.49. The molecule has 4 rings (SSSR count). The zero-order valence-corrected chi connectivity index (χ0v) is 24.6. The third-order valence-electron chi connectivity index (χ3n) is 7.03. The number of rotatable bonds is 10. The zero-order chi connectivity index (χ0) is 26.7. The first-order valence-corrected chi connectivity index (χ1v) is 14.7. The summed E-state index contributed by atoms with van der Waals surface area (Å²) in [6.45, 7) is 12.9. The molecule has 0 aliphatic carbocycles. The van der Waals surface area contributed by atoms with Crippen LogP contribution in [0.3, 0.4) is 0 Å². The first kappa shape index (κ1) is 28.5. The van der Waals surface area contributed by atoms with E-state index in [9.17, 15) is 0 Å². The van der Waals surface area contributed by atoms with Crippen LogP contribution in [0.15, 0.2) is 69.3 Å². The van der Waals surface area contributed by atoms with Gasteiger partial charge in [0.25, 0.3) is 0 Å². The fourth-order valence-electron chi connectivity index (χ4n) is 5.07. The molecule has 0 spiro atoms. The van der Waals surface area contributed by atoms with Gasteiger partial charge in [0.05, 0.1) is 37.4 Å². The summed E-state index contributed by atoms with van der Waals surface area (Å²) in [7, 11) is 0. The molecule has 8 heteroatoms. The van der Waals surface area contributed by atoms with Crippen molar-refractivity contribution in [3.05, 3.63) is 69.9 Å². The Morgan fingerprint density at radius 2 is 2.00 bits per heavy atom. The van der Waals surface area contributed by atoms with Crippen molar-refractivity contribution in [2.24, 2.45) is 4.99 Å². The molecule has 2 aromatic rings. The van der Waals surface area contributed by atoms with Crippen molar-refractivity contribution in [1.29, 1.82) is 0 Å². The molecule has 0 saturated carbocycles. The first-order chi connectivity index (χ1) is 18.6. The van der Waals surface area contributed by atoms with Gasteiger partial charge in [0.15, 0.2) is 0 Å². The summed E-state index contributed by atoms with van der Waals surface area (Å²) in [6.07, 6.45) is 11.0. The number of hydrogen-bond donors (Lipinski definition) is 1. The number of nitrogens with zero attached hydrogens (tertiary/aromatic N) is 5. The van der Waals surface area contributed by atoms with Crippen LogP contribution in [-0.4, -0.2) is 66.5 Å². The maximum atomic E-state index is 5.54. The van der Waals surface area contributed by atoms with E-state index >= 15 is 0 Å². The van der Waals surface area contributed by atoms with Crippen molar-refractivity contribution in [2.45, 2.75) is 52.9 Å². The van der Waals surface area contributed by atoms with E-state index in [1.807, 2.05) is 30.6 Å². The van der Waals surface area contributed by atoms with Crippen LogP contribution in [-0.2, 0) is 11.2 Å². The minimum absolute atomic E-state index is 0.749. The predicted molar refractivity (Wildman–Crippen MR) is 161 cm³/mol. The highest BCUT2D eigenvalue weighted by Gasteiger charge is 2.25. The van der Waals surface area contributed by atoms with Crippen LogP contribution in [0.4, 0.5) is 11.5 Å². The lowest BCUT2D eigenvalue weighted by molar-refractivity contribution is 0.0384. The third kappa shape index (κ3) is 7.98. The molecule has 0 aromatic carbocycles. The SMILES string of the molecule is CC/C=C(CCN1CCOCC1)/N=C1\CN(c2ncccc2CCC)CC\C1=C(\C)Nc1ccc(Br)nc1. The van der Waals surface area contributed by atoms with E-state index in [2.05, 4.69) is 68.9 Å². The highest BCUT2D eigenvalue weighted by molar-refractivity contribution is 9.10. The van der Waals surface area contributed by atoms with Gasteiger partial charge in [-0.05, 0) is 71.5 Å². The number of nitrogens with one attached hydrogen (secondary N) is 1. The van der Waals surface area contributed by atoms with Crippen LogP contribution < -0.4 is 10.2 Å². The Bertz CT molecular complexity index is 1140. The minimum Gasteiger partial charge on any atom is -0.379 e. The number of aliphatic imine (C=N–C) groups is 1. The quantitative estimate of drug-likeness (QED) is 0.335. The molecular weight excluding hydrogens is 540 g/mol. The van der Waals surface area contributed by atoms with Crippen LogP contribution in [0.5, 0.6) is 0 Å². The Morgan fingerprint density at radius 1 is 1.16 bits per heavy atom. The van der Waals surface area contributed by atoms with Crippen molar-refractivity contribution in [3.8, 4) is 0 Å². The van der Waals surface area contributed by atoms with Gasteiger partial charge in [-0.15, -0.1) is 0 Å². The van der Waals surface area contributed by atoms with E-state index < -0.39 is 0 Å². The van der Waals surface area contributed by atoms with E-state index in [4.69, 9.17) is 14.7 Å². The van der Waals surface area contributed by atoms with Gasteiger partial charge in [0.1, 0.15) is 10.4 Å². The minimum atomic E-state index is 0.749. The van der Waals surface area contributed by atoms with Gasteiger partial charge < -0.3 is 15.0 Å². The molecule has 2 aliphatic heterocycles. The number of aryl methyl sites for hydroxylation is 1. The number of anilines is 2. The molecule has 0 atom stereocenters. The van der Waals surface area contributed by atoms with Gasteiger partial charge in [0.2, 0.25) is 0 Å². The van der Waals surface area contributed by atoms with Gasteiger partial charge in [-0.2, -0.15) is 0 Å². The number of halogens is 1. The molecule has 1 N–H and O–H groups in total. The van der Waals surface area contributed by atoms with Crippen molar-refractivity contribution in [2.75, 3.05) is 56.2 Å². The molecule has 38 heavy (non-hydrogen) atoms. The molecular formula is C30H41BrN6O. The lowest BCUT2D eigenvalue weighted by atomic mass is 9.98. The molecule has 2 aromatic heterocycles. The van der Waals surface area contributed by atoms with Crippen molar-refractivity contribution in [3.63, 3.8) is 0 Å². The van der Waals surface area contributed by atoms with Crippen molar-refractivity contribution < 1.29 is 4.74 Å².